The van der Waals surface area contributed by atoms with Gasteiger partial charge in [0, 0.05) is 80.4 Å². The smallest absolute Gasteiger partial charge is 0.399 e. The molecule has 10 heteroatoms. The second-order valence-electron chi connectivity index (χ2n) is 23.5. The molecule has 5 heterocycles. The number of hydrogen-bond acceptors (Lipinski definition) is 2. The van der Waals surface area contributed by atoms with E-state index in [2.05, 4.69) is 311 Å². The van der Waals surface area contributed by atoms with Crippen LogP contribution in [0.5, 0.6) is 0 Å². The molecule has 0 aliphatic carbocycles. The second kappa shape index (κ2) is 22.2. The summed E-state index contributed by atoms with van der Waals surface area (Å²) < 4.78 is 22.9. The van der Waals surface area contributed by atoms with Crippen LogP contribution < -0.4 is 5.46 Å². The third-order valence-electron chi connectivity index (χ3n) is 17.7. The summed E-state index contributed by atoms with van der Waals surface area (Å²) in [5, 5.41) is 11.2. The Labute approximate surface area is 529 Å². The molecule has 0 saturated carbocycles. The first-order chi connectivity index (χ1) is 42.9. The van der Waals surface area contributed by atoms with E-state index < -0.39 is 0 Å². The Hall–Kier alpha value is -9.12. The zero-order valence-corrected chi connectivity index (χ0v) is 52.0. The van der Waals surface area contributed by atoms with Crippen molar-refractivity contribution >= 4 is 139 Å². The lowest BCUT2D eigenvalue weighted by Gasteiger charge is -2.32. The minimum atomic E-state index is -0.364. The summed E-state index contributed by atoms with van der Waals surface area (Å²) >= 11 is 16.3. The molecule has 88 heavy (non-hydrogen) atoms. The highest BCUT2D eigenvalue weighted by atomic mass is 79.9. The minimum absolute atomic E-state index is 0.348. The molecule has 1 aliphatic rings. The number of fused-ring (bicyclic) bond motifs is 12. The normalized spacial score (nSPS) is 13.7. The Morgan fingerprint density at radius 2 is 0.625 bits per heavy atom. The van der Waals surface area contributed by atoms with Crippen molar-refractivity contribution in [2.45, 2.75) is 38.9 Å². The van der Waals surface area contributed by atoms with Gasteiger partial charge in [-0.1, -0.05) is 179 Å². The molecule has 0 atom stereocenters. The van der Waals surface area contributed by atoms with Crippen LogP contribution in [0.25, 0.3) is 121 Å². The average molecular weight is 1240 g/mol. The van der Waals surface area contributed by atoms with Crippen molar-refractivity contribution in [2.75, 3.05) is 0 Å². The zero-order valence-electron chi connectivity index (χ0n) is 48.9. The maximum atomic E-state index is 6.50. The van der Waals surface area contributed by atoms with Gasteiger partial charge in [-0.15, -0.1) is 0 Å². The fourth-order valence-electron chi connectivity index (χ4n) is 12.8. The molecule has 0 amide bonds. The fraction of sp³-hybridized carbons (Fsp3) is 0.0769. The van der Waals surface area contributed by atoms with Gasteiger partial charge in [0.15, 0.2) is 0 Å². The van der Waals surface area contributed by atoms with Crippen LogP contribution in [0.3, 0.4) is 0 Å². The van der Waals surface area contributed by atoms with Gasteiger partial charge in [-0.05, 0) is 184 Å². The van der Waals surface area contributed by atoms with Gasteiger partial charge >= 0.3 is 7.12 Å². The van der Waals surface area contributed by atoms with Gasteiger partial charge in [0.1, 0.15) is 0 Å². The lowest BCUT2D eigenvalue weighted by atomic mass is 9.79. The van der Waals surface area contributed by atoms with Gasteiger partial charge in [-0.3, -0.25) is 0 Å². The summed E-state index contributed by atoms with van der Waals surface area (Å²) in [4.78, 5) is 0. The van der Waals surface area contributed by atoms with E-state index in [4.69, 9.17) is 32.5 Å². The average Bonchev–Trinajstić information content (AvgIpc) is 1.75. The van der Waals surface area contributed by atoms with Crippen molar-refractivity contribution < 1.29 is 9.31 Å². The van der Waals surface area contributed by atoms with Crippen LogP contribution in [0.2, 0.25) is 10.0 Å². The molecule has 0 bridgehead atoms. The highest BCUT2D eigenvalue weighted by molar-refractivity contribution is 9.10. The number of aromatic nitrogens is 4. The van der Waals surface area contributed by atoms with Crippen LogP contribution >= 0.6 is 39.1 Å². The van der Waals surface area contributed by atoms with Crippen molar-refractivity contribution in [1.29, 1.82) is 0 Å². The van der Waals surface area contributed by atoms with Gasteiger partial charge in [-0.25, -0.2) is 0 Å². The maximum absolute atomic E-state index is 6.50. The zero-order chi connectivity index (χ0) is 59.8. The summed E-state index contributed by atoms with van der Waals surface area (Å²) in [6.45, 7) is 8.36. The second-order valence-corrected chi connectivity index (χ2v) is 25.3. The Balaban J connectivity index is 0.000000117. The molecule has 1 fully saturated rings. The van der Waals surface area contributed by atoms with E-state index in [1.54, 1.807) is 0 Å². The minimum Gasteiger partial charge on any atom is -0.399 e. The molecule has 6 nitrogen and oxygen atoms in total. The number of para-hydroxylation sites is 6. The van der Waals surface area contributed by atoms with E-state index in [1.165, 1.54) is 87.4 Å². The first kappa shape index (κ1) is 55.5. The van der Waals surface area contributed by atoms with Crippen molar-refractivity contribution in [1.82, 2.24) is 18.3 Å². The van der Waals surface area contributed by atoms with Crippen molar-refractivity contribution in [3.63, 3.8) is 0 Å². The van der Waals surface area contributed by atoms with Gasteiger partial charge in [0.2, 0.25) is 0 Å². The Morgan fingerprint density at radius 1 is 0.295 bits per heavy atom. The number of benzene rings is 12. The summed E-state index contributed by atoms with van der Waals surface area (Å²) in [6, 6.07) is 98.0. The van der Waals surface area contributed by atoms with E-state index in [1.807, 2.05) is 30.3 Å². The first-order valence-electron chi connectivity index (χ1n) is 29.6. The molecule has 0 radical (unpaired) electrons. The SMILES string of the molecule is CC1(C)OB(c2ccc3c4ccccc4n(-c4ccccc4)c3c2)OC1(C)C.Clc1ccc2c(c1)c1cc(-c3ccc4c5ccccc5n(-c5ccccc5)c4c3)ccc1n2-c1ccccc1.Clc1ccc2c(c1)c1cc(Br)ccc1n2-c1ccccc1. The monoisotopic (exact) mass is 1240 g/mol. The van der Waals surface area contributed by atoms with Crippen molar-refractivity contribution in [3.05, 3.63) is 294 Å². The predicted molar refractivity (Wildman–Crippen MR) is 376 cm³/mol. The largest absolute Gasteiger partial charge is 0.494 e. The van der Waals surface area contributed by atoms with Gasteiger partial charge in [-0.2, -0.15) is 0 Å². The number of rotatable bonds is 6. The van der Waals surface area contributed by atoms with Gasteiger partial charge in [0.05, 0.1) is 55.3 Å². The quantitative estimate of drug-likeness (QED) is 0.156. The fourth-order valence-corrected chi connectivity index (χ4v) is 13.5. The number of halogens is 3. The molecule has 1 saturated heterocycles. The predicted octanol–water partition coefficient (Wildman–Crippen LogP) is 21.5. The van der Waals surface area contributed by atoms with Crippen molar-refractivity contribution in [3.8, 4) is 33.9 Å². The maximum Gasteiger partial charge on any atom is 0.494 e. The highest BCUT2D eigenvalue weighted by Crippen LogP contribution is 2.41. The van der Waals surface area contributed by atoms with Crippen LogP contribution in [-0.4, -0.2) is 36.6 Å². The van der Waals surface area contributed by atoms with E-state index in [9.17, 15) is 0 Å². The molecule has 16 aromatic rings. The number of hydrogen-bond donors (Lipinski definition) is 0. The molecule has 1 aliphatic heterocycles. The third kappa shape index (κ3) is 9.68. The lowest BCUT2D eigenvalue weighted by Crippen LogP contribution is -2.41. The standard InChI is InChI=1S/C36H23ClN2.C24H24BNO2.C18H11BrClN/c37-26-17-20-35-32(23-26)31-21-24(16-19-34(31)38(35)27-9-3-1-4-10-27)25-15-18-30-29-13-7-8-14-33(29)39(36(30)22-25)28-11-5-2-6-12-28;1-23(2)24(3,4)28-25(27-23)17-14-15-20-19-12-8-9-13-21(19)26(22(20)16-17)18-10-6-5-7-11-18;19-12-6-8-17-15(10-12)16-11-13(20)7-9-18(16)21(17)14-4-2-1-3-5-14/h1-23H;5-16H,1-4H3;1-11H. The van der Waals surface area contributed by atoms with E-state index in [0.29, 0.717) is 0 Å². The molecule has 0 N–H and O–H groups in total. The van der Waals surface area contributed by atoms with Gasteiger partial charge in [0.25, 0.3) is 0 Å². The van der Waals surface area contributed by atoms with Crippen LogP contribution in [0.4, 0.5) is 0 Å². The highest BCUT2D eigenvalue weighted by Gasteiger charge is 2.51. The van der Waals surface area contributed by atoms with Crippen molar-refractivity contribution in [2.24, 2.45) is 0 Å². The van der Waals surface area contributed by atoms with Crippen LogP contribution in [0.1, 0.15) is 27.7 Å². The molecule has 17 rings (SSSR count). The Bertz CT molecular complexity index is 5250. The molecule has 12 aromatic carbocycles. The number of nitrogens with zero attached hydrogens (tertiary/aromatic N) is 4. The van der Waals surface area contributed by atoms with Crippen LogP contribution in [0, 0.1) is 0 Å². The molecule has 426 valence electrons. The molecule has 0 spiro atoms. The topological polar surface area (TPSA) is 38.2 Å². The molecular weight excluding hydrogens is 1190 g/mol. The Kier molecular flexibility index (Phi) is 14.0. The van der Waals surface area contributed by atoms with E-state index in [-0.39, 0.29) is 18.3 Å². The summed E-state index contributed by atoms with van der Waals surface area (Å²) in [6.07, 6.45) is 0. The van der Waals surface area contributed by atoms with Crippen LogP contribution in [-0.2, 0) is 9.31 Å². The third-order valence-corrected chi connectivity index (χ3v) is 18.7. The van der Waals surface area contributed by atoms with Crippen LogP contribution in [0.15, 0.2) is 284 Å². The summed E-state index contributed by atoms with van der Waals surface area (Å²) in [5.41, 5.74) is 16.8. The first-order valence-corrected chi connectivity index (χ1v) is 31.2. The lowest BCUT2D eigenvalue weighted by molar-refractivity contribution is 0.00578. The summed E-state index contributed by atoms with van der Waals surface area (Å²) in [7, 11) is -0.364. The molecule has 0 unspecified atom stereocenters. The molecule has 4 aromatic heterocycles. The van der Waals surface area contributed by atoms with E-state index >= 15 is 0 Å². The molecular formula is C78H58BBrCl2N4O2. The van der Waals surface area contributed by atoms with Gasteiger partial charge < -0.3 is 27.6 Å². The summed E-state index contributed by atoms with van der Waals surface area (Å²) in [5.74, 6) is 0. The Morgan fingerprint density at radius 3 is 1.10 bits per heavy atom. The van der Waals surface area contributed by atoms with E-state index in [0.717, 1.165) is 53.6 Å².